The second-order valence-corrected chi connectivity index (χ2v) is 5.57. The van der Waals surface area contributed by atoms with E-state index in [9.17, 15) is 14.4 Å². The number of benzene rings is 1. The largest absolute Gasteiger partial charge is 0.481 e. The van der Waals surface area contributed by atoms with Gasteiger partial charge in [-0.1, -0.05) is 18.2 Å². The first-order valence-corrected chi connectivity index (χ1v) is 6.95. The molecule has 0 fully saturated rings. The number of amides is 1. The Hall–Kier alpha value is -2.41. The molecule has 1 aromatic heterocycles. The van der Waals surface area contributed by atoms with Gasteiger partial charge < -0.3 is 15.5 Å². The van der Waals surface area contributed by atoms with Crippen LogP contribution in [0.25, 0.3) is 10.1 Å². The predicted octanol–water partition coefficient (Wildman–Crippen LogP) is 1.87. The number of nitrogens with one attached hydrogen (secondary N) is 1. The van der Waals surface area contributed by atoms with Crippen LogP contribution in [0.5, 0.6) is 0 Å². The number of aryl methyl sites for hydroxylation is 1. The van der Waals surface area contributed by atoms with E-state index >= 15 is 0 Å². The van der Waals surface area contributed by atoms with Gasteiger partial charge in [0.2, 0.25) is 0 Å². The van der Waals surface area contributed by atoms with Crippen molar-refractivity contribution in [3.63, 3.8) is 0 Å². The number of rotatable bonds is 5. The summed E-state index contributed by atoms with van der Waals surface area (Å²) in [5.41, 5.74) is 0.757. The summed E-state index contributed by atoms with van der Waals surface area (Å²) in [5.74, 6) is -3.22. The van der Waals surface area contributed by atoms with Crippen molar-refractivity contribution in [2.75, 3.05) is 0 Å². The third-order valence-corrected chi connectivity index (χ3v) is 4.30. The predicted molar refractivity (Wildman–Crippen MR) is 77.7 cm³/mol. The van der Waals surface area contributed by atoms with E-state index in [-0.39, 0.29) is 0 Å². The SMILES string of the molecule is Cc1c(C(=O)NC(CC(=O)O)C(=O)O)sc2ccccc12. The van der Waals surface area contributed by atoms with Crippen molar-refractivity contribution in [1.82, 2.24) is 5.32 Å². The van der Waals surface area contributed by atoms with Gasteiger partial charge in [0.1, 0.15) is 6.04 Å². The molecular weight excluding hydrogens is 294 g/mol. The number of hydrogen-bond acceptors (Lipinski definition) is 4. The lowest BCUT2D eigenvalue weighted by molar-refractivity contribution is -0.145. The topological polar surface area (TPSA) is 104 Å². The smallest absolute Gasteiger partial charge is 0.326 e. The summed E-state index contributed by atoms with van der Waals surface area (Å²) in [6, 6.07) is 6.01. The zero-order chi connectivity index (χ0) is 15.6. The lowest BCUT2D eigenvalue weighted by atomic mass is 10.1. The minimum Gasteiger partial charge on any atom is -0.481 e. The van der Waals surface area contributed by atoms with Crippen LogP contribution in [0.2, 0.25) is 0 Å². The van der Waals surface area contributed by atoms with Crippen molar-refractivity contribution < 1.29 is 24.6 Å². The fraction of sp³-hybridized carbons (Fsp3) is 0.214. The van der Waals surface area contributed by atoms with Gasteiger partial charge in [0, 0.05) is 4.70 Å². The average molecular weight is 307 g/mol. The highest BCUT2D eigenvalue weighted by molar-refractivity contribution is 7.21. The Labute approximate surface area is 124 Å². The highest BCUT2D eigenvalue weighted by Crippen LogP contribution is 2.30. The summed E-state index contributed by atoms with van der Waals surface area (Å²) >= 11 is 1.25. The van der Waals surface area contributed by atoms with E-state index in [0.717, 1.165) is 15.6 Å². The number of carboxylic acid groups (broad SMARTS) is 2. The van der Waals surface area contributed by atoms with Crippen molar-refractivity contribution in [2.24, 2.45) is 0 Å². The van der Waals surface area contributed by atoms with Crippen LogP contribution >= 0.6 is 11.3 Å². The van der Waals surface area contributed by atoms with E-state index in [1.165, 1.54) is 11.3 Å². The summed E-state index contributed by atoms with van der Waals surface area (Å²) in [6.45, 7) is 1.78. The third-order valence-electron chi connectivity index (χ3n) is 3.03. The van der Waals surface area contributed by atoms with E-state index in [4.69, 9.17) is 10.2 Å². The van der Waals surface area contributed by atoms with E-state index in [0.29, 0.717) is 4.88 Å². The Kier molecular flexibility index (Phi) is 4.23. The molecule has 0 aliphatic carbocycles. The van der Waals surface area contributed by atoms with E-state index in [1.807, 2.05) is 24.3 Å². The molecule has 2 rings (SSSR count). The number of carboxylic acids is 2. The molecular formula is C14H13NO5S. The molecule has 0 saturated heterocycles. The molecule has 6 nitrogen and oxygen atoms in total. The molecule has 0 radical (unpaired) electrons. The van der Waals surface area contributed by atoms with Crippen LogP contribution < -0.4 is 5.32 Å². The van der Waals surface area contributed by atoms with E-state index < -0.39 is 30.3 Å². The molecule has 1 aromatic carbocycles. The van der Waals surface area contributed by atoms with Crippen LogP contribution in [0, 0.1) is 6.92 Å². The molecule has 1 atom stereocenters. The zero-order valence-corrected chi connectivity index (χ0v) is 11.9. The molecule has 21 heavy (non-hydrogen) atoms. The van der Waals surface area contributed by atoms with Crippen molar-refractivity contribution >= 4 is 39.3 Å². The summed E-state index contributed by atoms with van der Waals surface area (Å²) in [5, 5.41) is 20.8. The second kappa shape index (κ2) is 5.92. The first-order valence-electron chi connectivity index (χ1n) is 6.13. The second-order valence-electron chi connectivity index (χ2n) is 4.51. The average Bonchev–Trinajstić information content (AvgIpc) is 2.75. The van der Waals surface area contributed by atoms with E-state index in [2.05, 4.69) is 5.32 Å². The van der Waals surface area contributed by atoms with Crippen molar-refractivity contribution in [3.8, 4) is 0 Å². The fourth-order valence-corrected chi connectivity index (χ4v) is 3.10. The molecule has 2 aromatic rings. The van der Waals surface area contributed by atoms with Gasteiger partial charge in [-0.25, -0.2) is 4.79 Å². The minimum absolute atomic E-state index is 0.396. The number of thiophene rings is 1. The molecule has 0 saturated carbocycles. The summed E-state index contributed by atoms with van der Waals surface area (Å²) in [6.07, 6.45) is -0.662. The van der Waals surface area contributed by atoms with Crippen molar-refractivity contribution in [1.29, 1.82) is 0 Å². The van der Waals surface area contributed by atoms with Gasteiger partial charge >= 0.3 is 11.9 Å². The number of fused-ring (bicyclic) bond motifs is 1. The number of hydrogen-bond donors (Lipinski definition) is 3. The number of carbonyl (C=O) groups is 3. The Morgan fingerprint density at radius 3 is 2.48 bits per heavy atom. The number of carbonyl (C=O) groups excluding carboxylic acids is 1. The van der Waals surface area contributed by atoms with Gasteiger partial charge in [0.15, 0.2) is 0 Å². The molecule has 110 valence electrons. The molecule has 3 N–H and O–H groups in total. The first kappa shape index (κ1) is 15.0. The monoisotopic (exact) mass is 307 g/mol. The Bertz CT molecular complexity index is 721. The molecule has 0 aliphatic rings. The first-order chi connectivity index (χ1) is 9.90. The van der Waals surface area contributed by atoms with Gasteiger partial charge in [-0.15, -0.1) is 11.3 Å². The molecule has 1 unspecified atom stereocenters. The van der Waals surface area contributed by atoms with Gasteiger partial charge in [-0.2, -0.15) is 0 Å². The van der Waals surface area contributed by atoms with Gasteiger partial charge in [0.05, 0.1) is 11.3 Å². The molecule has 0 spiro atoms. The van der Waals surface area contributed by atoms with Crippen LogP contribution in [0.1, 0.15) is 21.7 Å². The lowest BCUT2D eigenvalue weighted by Crippen LogP contribution is -2.42. The zero-order valence-electron chi connectivity index (χ0n) is 11.1. The van der Waals surface area contributed by atoms with Gasteiger partial charge in [-0.3, -0.25) is 9.59 Å². The lowest BCUT2D eigenvalue weighted by Gasteiger charge is -2.11. The normalized spacial score (nSPS) is 12.0. The van der Waals surface area contributed by atoms with E-state index in [1.54, 1.807) is 6.92 Å². The summed E-state index contributed by atoms with van der Waals surface area (Å²) < 4.78 is 0.922. The number of aliphatic carboxylic acids is 2. The van der Waals surface area contributed by atoms with Crippen LogP contribution in [-0.2, 0) is 9.59 Å². The van der Waals surface area contributed by atoms with Gasteiger partial charge in [0.25, 0.3) is 5.91 Å². The third kappa shape index (κ3) is 3.19. The van der Waals surface area contributed by atoms with Crippen molar-refractivity contribution in [2.45, 2.75) is 19.4 Å². The maximum absolute atomic E-state index is 12.2. The maximum atomic E-state index is 12.2. The van der Waals surface area contributed by atoms with Gasteiger partial charge in [-0.05, 0) is 23.9 Å². The summed E-state index contributed by atoms with van der Waals surface area (Å²) in [7, 11) is 0. The Morgan fingerprint density at radius 2 is 1.90 bits per heavy atom. The van der Waals surface area contributed by atoms with Crippen LogP contribution in [0.3, 0.4) is 0 Å². The molecule has 1 heterocycles. The fourth-order valence-electron chi connectivity index (χ4n) is 1.99. The molecule has 0 bridgehead atoms. The molecule has 7 heteroatoms. The van der Waals surface area contributed by atoms with Crippen molar-refractivity contribution in [3.05, 3.63) is 34.7 Å². The van der Waals surface area contributed by atoms with Crippen LogP contribution in [-0.4, -0.2) is 34.1 Å². The minimum atomic E-state index is -1.44. The summed E-state index contributed by atoms with van der Waals surface area (Å²) in [4.78, 5) is 34.2. The quantitative estimate of drug-likeness (QED) is 0.782. The molecule has 0 aliphatic heterocycles. The van der Waals surface area contributed by atoms with Crippen LogP contribution in [0.4, 0.5) is 0 Å². The Balaban J connectivity index is 2.27. The Morgan fingerprint density at radius 1 is 1.24 bits per heavy atom. The highest BCUT2D eigenvalue weighted by atomic mass is 32.1. The highest BCUT2D eigenvalue weighted by Gasteiger charge is 2.25. The standard InChI is InChI=1S/C14H13NO5S/c1-7-8-4-2-3-5-10(8)21-12(7)13(18)15-9(14(19)20)6-11(16)17/h2-5,9H,6H2,1H3,(H,15,18)(H,16,17)(H,19,20). The maximum Gasteiger partial charge on any atom is 0.326 e. The van der Waals surface area contributed by atoms with Crippen LogP contribution in [0.15, 0.2) is 24.3 Å². The molecule has 1 amide bonds.